The molecule has 0 heterocycles. The van der Waals surface area contributed by atoms with Gasteiger partial charge in [-0.25, -0.2) is 0 Å². The molecule has 0 aromatic carbocycles. The van der Waals surface area contributed by atoms with Crippen LogP contribution in [0.4, 0.5) is 0 Å². The molecule has 0 aromatic heterocycles. The second kappa shape index (κ2) is 7.13. The normalized spacial score (nSPS) is 16.0. The van der Waals surface area contributed by atoms with Gasteiger partial charge in [0, 0.05) is 0 Å². The molecule has 0 saturated carbocycles. The summed E-state index contributed by atoms with van der Waals surface area (Å²) in [6.07, 6.45) is -2.52. The first-order valence-corrected chi connectivity index (χ1v) is 4.87. The summed E-state index contributed by atoms with van der Waals surface area (Å²) < 4.78 is 32.9. The first-order valence-electron chi connectivity index (χ1n) is 3.26. The van der Waals surface area contributed by atoms with E-state index in [1.807, 2.05) is 0 Å². The number of aliphatic hydroxyl groups excluding tert-OH is 2. The predicted octanol–water partition coefficient (Wildman–Crippen LogP) is -4.29. The standard InChI is InChI=1S/C5H12O6S.Na.H/c1-4(6)5(7)11-2-3-12(8,9)10;;/h4-7H,2-3H2,1H3,(H,8,9,10);;/q;+1;-1. The monoisotopic (exact) mass is 224 g/mol. The van der Waals surface area contributed by atoms with Gasteiger partial charge in [0.25, 0.3) is 10.1 Å². The quantitative estimate of drug-likeness (QED) is 0.248. The van der Waals surface area contributed by atoms with E-state index < -0.39 is 28.3 Å². The van der Waals surface area contributed by atoms with Crippen molar-refractivity contribution in [3.05, 3.63) is 0 Å². The van der Waals surface area contributed by atoms with E-state index in [0.717, 1.165) is 0 Å². The summed E-state index contributed by atoms with van der Waals surface area (Å²) in [7, 11) is -4.06. The maximum absolute atomic E-state index is 10.1. The summed E-state index contributed by atoms with van der Waals surface area (Å²) in [6, 6.07) is 0. The molecule has 0 saturated heterocycles. The second-order valence-corrected chi connectivity index (χ2v) is 3.86. The summed E-state index contributed by atoms with van der Waals surface area (Å²) in [6.45, 7) is 0.934. The van der Waals surface area contributed by atoms with Gasteiger partial charge in [0.1, 0.15) is 6.10 Å². The molecule has 13 heavy (non-hydrogen) atoms. The van der Waals surface area contributed by atoms with Crippen LogP contribution < -0.4 is 29.6 Å². The molecule has 0 bridgehead atoms. The van der Waals surface area contributed by atoms with Crippen molar-refractivity contribution >= 4 is 10.1 Å². The molecule has 0 amide bonds. The summed E-state index contributed by atoms with van der Waals surface area (Å²) in [4.78, 5) is 0. The first-order chi connectivity index (χ1) is 5.33. The third-order valence-corrected chi connectivity index (χ3v) is 1.73. The topological polar surface area (TPSA) is 104 Å². The van der Waals surface area contributed by atoms with Gasteiger partial charge in [-0.05, 0) is 6.92 Å². The van der Waals surface area contributed by atoms with Crippen LogP contribution in [0, 0.1) is 0 Å². The molecular formula is C5H13NaO6S. The number of hydrogen-bond acceptors (Lipinski definition) is 5. The van der Waals surface area contributed by atoms with Crippen LogP contribution in [0.1, 0.15) is 8.35 Å². The van der Waals surface area contributed by atoms with Gasteiger partial charge < -0.3 is 16.4 Å². The maximum atomic E-state index is 10.1. The molecule has 2 unspecified atom stereocenters. The van der Waals surface area contributed by atoms with E-state index in [-0.39, 0.29) is 37.6 Å². The van der Waals surface area contributed by atoms with Crippen LogP contribution in [0.5, 0.6) is 0 Å². The van der Waals surface area contributed by atoms with Crippen LogP contribution in [0.15, 0.2) is 0 Å². The van der Waals surface area contributed by atoms with Crippen LogP contribution in [0.3, 0.4) is 0 Å². The van der Waals surface area contributed by atoms with Gasteiger partial charge in [-0.2, -0.15) is 8.42 Å². The van der Waals surface area contributed by atoms with E-state index in [0.29, 0.717) is 0 Å². The van der Waals surface area contributed by atoms with Crippen molar-refractivity contribution in [3.8, 4) is 0 Å². The summed E-state index contributed by atoms with van der Waals surface area (Å²) >= 11 is 0. The van der Waals surface area contributed by atoms with Gasteiger partial charge in [0.05, 0.1) is 12.4 Å². The van der Waals surface area contributed by atoms with Gasteiger partial charge in [0.2, 0.25) is 0 Å². The first kappa shape index (κ1) is 16.2. The average molecular weight is 224 g/mol. The molecule has 0 radical (unpaired) electrons. The van der Waals surface area contributed by atoms with Gasteiger partial charge >= 0.3 is 29.6 Å². The molecular weight excluding hydrogens is 211 g/mol. The van der Waals surface area contributed by atoms with Crippen molar-refractivity contribution in [1.29, 1.82) is 0 Å². The Hall–Kier alpha value is 0.790. The molecule has 0 aliphatic carbocycles. The van der Waals surface area contributed by atoms with Crippen molar-refractivity contribution in [2.45, 2.75) is 19.3 Å². The van der Waals surface area contributed by atoms with E-state index in [9.17, 15) is 8.42 Å². The summed E-state index contributed by atoms with van der Waals surface area (Å²) in [5.41, 5.74) is 0. The fraction of sp³-hybridized carbons (Fsp3) is 1.00. The van der Waals surface area contributed by atoms with E-state index in [2.05, 4.69) is 4.74 Å². The SMILES string of the molecule is CC(O)C(O)OCCS(=O)(=O)O.[H-].[Na+]. The Bertz CT molecular complexity index is 218. The van der Waals surface area contributed by atoms with E-state index >= 15 is 0 Å². The van der Waals surface area contributed by atoms with E-state index in [1.54, 1.807) is 0 Å². The zero-order chi connectivity index (χ0) is 9.78. The third-order valence-electron chi connectivity index (χ3n) is 1.04. The van der Waals surface area contributed by atoms with Crippen molar-refractivity contribution in [3.63, 3.8) is 0 Å². The number of rotatable bonds is 5. The Morgan fingerprint density at radius 1 is 1.46 bits per heavy atom. The molecule has 3 N–H and O–H groups in total. The van der Waals surface area contributed by atoms with Crippen molar-refractivity contribution in [2.24, 2.45) is 0 Å². The van der Waals surface area contributed by atoms with Crippen molar-refractivity contribution in [2.75, 3.05) is 12.4 Å². The minimum atomic E-state index is -4.06. The fourth-order valence-corrected chi connectivity index (χ4v) is 0.720. The zero-order valence-electron chi connectivity index (χ0n) is 8.54. The van der Waals surface area contributed by atoms with Gasteiger partial charge in [-0.3, -0.25) is 4.55 Å². The van der Waals surface area contributed by atoms with E-state index in [1.165, 1.54) is 6.92 Å². The molecule has 2 atom stereocenters. The third kappa shape index (κ3) is 10.7. The predicted molar refractivity (Wildman–Crippen MR) is 41.2 cm³/mol. The van der Waals surface area contributed by atoms with Crippen LogP contribution in [0.2, 0.25) is 0 Å². The Kier molecular flexibility index (Phi) is 8.90. The van der Waals surface area contributed by atoms with Gasteiger partial charge in [0.15, 0.2) is 6.29 Å². The minimum absolute atomic E-state index is 0. The van der Waals surface area contributed by atoms with Crippen LogP contribution in [-0.4, -0.2) is 47.9 Å². The molecule has 0 aliphatic heterocycles. The zero-order valence-corrected chi connectivity index (χ0v) is 10.4. The molecule has 0 aromatic rings. The molecule has 6 nitrogen and oxygen atoms in total. The fourth-order valence-electron chi connectivity index (χ4n) is 0.413. The van der Waals surface area contributed by atoms with Crippen LogP contribution >= 0.6 is 0 Å². The molecule has 0 rings (SSSR count). The van der Waals surface area contributed by atoms with E-state index in [4.69, 9.17) is 14.8 Å². The molecule has 0 fully saturated rings. The Labute approximate surface area is 100 Å². The maximum Gasteiger partial charge on any atom is 1.00 e. The summed E-state index contributed by atoms with van der Waals surface area (Å²) in [5.74, 6) is -0.600. The molecule has 8 heteroatoms. The summed E-state index contributed by atoms with van der Waals surface area (Å²) in [5, 5.41) is 17.4. The van der Waals surface area contributed by atoms with Gasteiger partial charge in [-0.1, -0.05) is 0 Å². The molecule has 0 spiro atoms. The Morgan fingerprint density at radius 2 is 1.92 bits per heavy atom. The minimum Gasteiger partial charge on any atom is -1.00 e. The number of hydrogen-bond donors (Lipinski definition) is 3. The van der Waals surface area contributed by atoms with Gasteiger partial charge in [-0.15, -0.1) is 0 Å². The molecule has 76 valence electrons. The number of ether oxygens (including phenoxy) is 1. The second-order valence-electron chi connectivity index (χ2n) is 2.29. The smallest absolute Gasteiger partial charge is 1.00 e. The van der Waals surface area contributed by atoms with Crippen LogP contribution in [-0.2, 0) is 14.9 Å². The average Bonchev–Trinajstić information content (AvgIpc) is 1.84. The molecule has 0 aliphatic rings. The Balaban J connectivity index is -0.000000605. The largest absolute Gasteiger partial charge is 1.00 e. The van der Waals surface area contributed by atoms with Crippen molar-refractivity contribution < 1.29 is 58.9 Å². The Morgan fingerprint density at radius 3 is 2.23 bits per heavy atom. The number of aliphatic hydroxyl groups is 2. The van der Waals surface area contributed by atoms with Crippen molar-refractivity contribution in [1.82, 2.24) is 0 Å². The van der Waals surface area contributed by atoms with Crippen LogP contribution in [0.25, 0.3) is 0 Å².